The Kier molecular flexibility index (Phi) is 7.54. The van der Waals surface area contributed by atoms with Gasteiger partial charge in [-0.05, 0) is 62.9 Å². The van der Waals surface area contributed by atoms with E-state index >= 15 is 0 Å². The fourth-order valence-electron chi connectivity index (χ4n) is 3.92. The summed E-state index contributed by atoms with van der Waals surface area (Å²) in [6.07, 6.45) is 6.66. The highest BCUT2D eigenvalue weighted by Crippen LogP contribution is 2.22. The first-order valence-electron chi connectivity index (χ1n) is 10.4. The monoisotopic (exact) mass is 380 g/mol. The number of amides is 1. The first kappa shape index (κ1) is 20.5. The molecule has 0 aromatic carbocycles. The van der Waals surface area contributed by atoms with Crippen molar-refractivity contribution in [3.05, 3.63) is 59.7 Å². The summed E-state index contributed by atoms with van der Waals surface area (Å²) < 4.78 is 0. The van der Waals surface area contributed by atoms with Gasteiger partial charge in [0.2, 0.25) is 5.91 Å². The summed E-state index contributed by atoms with van der Waals surface area (Å²) in [5.74, 6) is 0.847. The number of nitrogens with zero attached hydrogens (tertiary/aromatic N) is 4. The Morgan fingerprint density at radius 3 is 2.86 bits per heavy atom. The van der Waals surface area contributed by atoms with E-state index in [9.17, 15) is 4.79 Å². The second-order valence-electron chi connectivity index (χ2n) is 7.94. The second-order valence-corrected chi connectivity index (χ2v) is 7.94. The van der Waals surface area contributed by atoms with Crippen LogP contribution in [0.25, 0.3) is 0 Å². The molecule has 0 radical (unpaired) electrons. The Balaban J connectivity index is 1.40. The van der Waals surface area contributed by atoms with Gasteiger partial charge in [0, 0.05) is 57.1 Å². The van der Waals surface area contributed by atoms with Crippen LogP contribution in [-0.4, -0.2) is 52.4 Å². The minimum Gasteiger partial charge on any atom is -0.345 e. The molecule has 5 nitrogen and oxygen atoms in total. The number of likely N-dealkylation sites (tertiary alicyclic amines) is 1. The maximum absolute atomic E-state index is 12.5. The normalized spacial score (nSPS) is 17.4. The van der Waals surface area contributed by atoms with Crippen LogP contribution in [0.5, 0.6) is 0 Å². The van der Waals surface area contributed by atoms with Crippen LogP contribution in [0.1, 0.15) is 42.8 Å². The molecule has 0 unspecified atom stereocenters. The topological polar surface area (TPSA) is 49.3 Å². The summed E-state index contributed by atoms with van der Waals surface area (Å²) in [4.78, 5) is 25.8. The number of carbonyl (C=O) groups is 1. The lowest BCUT2D eigenvalue weighted by atomic mass is 9.93. The molecule has 0 saturated carbocycles. The fourth-order valence-corrected chi connectivity index (χ4v) is 3.92. The fraction of sp³-hybridized carbons (Fsp3) is 0.522. The average Bonchev–Trinajstić information content (AvgIpc) is 2.71. The molecule has 2 aromatic heterocycles. The molecule has 1 atom stereocenters. The van der Waals surface area contributed by atoms with Gasteiger partial charge in [-0.25, -0.2) is 0 Å². The lowest BCUT2D eigenvalue weighted by molar-refractivity contribution is -0.130. The molecule has 2 aromatic rings. The predicted molar refractivity (Wildman–Crippen MR) is 112 cm³/mol. The number of rotatable bonds is 8. The van der Waals surface area contributed by atoms with E-state index in [4.69, 9.17) is 0 Å². The zero-order chi connectivity index (χ0) is 19.8. The smallest absolute Gasteiger partial charge is 0.222 e. The van der Waals surface area contributed by atoms with E-state index in [1.54, 1.807) is 6.20 Å². The van der Waals surface area contributed by atoms with Crippen molar-refractivity contribution in [2.75, 3.05) is 26.7 Å². The van der Waals surface area contributed by atoms with Crippen molar-refractivity contribution in [2.45, 2.75) is 45.6 Å². The predicted octanol–water partition coefficient (Wildman–Crippen LogP) is 3.48. The van der Waals surface area contributed by atoms with Crippen molar-refractivity contribution < 1.29 is 4.79 Å². The third kappa shape index (κ3) is 6.41. The van der Waals surface area contributed by atoms with Crippen LogP contribution in [0, 0.1) is 12.8 Å². The van der Waals surface area contributed by atoms with Crippen LogP contribution in [0.15, 0.2) is 42.6 Å². The SMILES string of the molecule is Cc1cccc(CN2CCC[C@H](CCC(=O)N(C)CCc3ccccn3)C2)n1. The lowest BCUT2D eigenvalue weighted by Crippen LogP contribution is -2.36. The minimum atomic E-state index is 0.244. The Morgan fingerprint density at radius 2 is 2.07 bits per heavy atom. The van der Waals surface area contributed by atoms with E-state index in [0.29, 0.717) is 12.3 Å². The first-order chi connectivity index (χ1) is 13.6. The van der Waals surface area contributed by atoms with Gasteiger partial charge in [-0.15, -0.1) is 0 Å². The molecule has 0 spiro atoms. The van der Waals surface area contributed by atoms with Gasteiger partial charge in [-0.2, -0.15) is 0 Å². The van der Waals surface area contributed by atoms with Crippen molar-refractivity contribution in [3.8, 4) is 0 Å². The van der Waals surface area contributed by atoms with Crippen LogP contribution in [-0.2, 0) is 17.8 Å². The van der Waals surface area contributed by atoms with Crippen LogP contribution >= 0.6 is 0 Å². The molecular formula is C23H32N4O. The number of piperidine rings is 1. The summed E-state index contributed by atoms with van der Waals surface area (Å²) in [5.41, 5.74) is 3.26. The van der Waals surface area contributed by atoms with E-state index in [1.807, 2.05) is 43.1 Å². The zero-order valence-corrected chi connectivity index (χ0v) is 17.2. The van der Waals surface area contributed by atoms with Crippen molar-refractivity contribution in [1.29, 1.82) is 0 Å². The Morgan fingerprint density at radius 1 is 1.21 bits per heavy atom. The number of aryl methyl sites for hydroxylation is 1. The molecule has 3 heterocycles. The lowest BCUT2D eigenvalue weighted by Gasteiger charge is -2.32. The Bertz CT molecular complexity index is 749. The minimum absolute atomic E-state index is 0.244. The number of pyridine rings is 2. The maximum atomic E-state index is 12.5. The van der Waals surface area contributed by atoms with Crippen molar-refractivity contribution in [3.63, 3.8) is 0 Å². The van der Waals surface area contributed by atoms with E-state index in [1.165, 1.54) is 12.8 Å². The van der Waals surface area contributed by atoms with Crippen LogP contribution in [0.3, 0.4) is 0 Å². The van der Waals surface area contributed by atoms with E-state index in [2.05, 4.69) is 27.0 Å². The maximum Gasteiger partial charge on any atom is 0.222 e. The highest BCUT2D eigenvalue weighted by molar-refractivity contribution is 5.75. The van der Waals surface area contributed by atoms with Crippen LogP contribution < -0.4 is 0 Å². The molecular weight excluding hydrogens is 348 g/mol. The highest BCUT2D eigenvalue weighted by atomic mass is 16.2. The number of hydrogen-bond acceptors (Lipinski definition) is 4. The summed E-state index contributed by atoms with van der Waals surface area (Å²) in [6.45, 7) is 5.88. The largest absolute Gasteiger partial charge is 0.345 e. The molecule has 1 fully saturated rings. The summed E-state index contributed by atoms with van der Waals surface area (Å²) in [7, 11) is 1.90. The second kappa shape index (κ2) is 10.3. The molecule has 3 rings (SSSR count). The number of hydrogen-bond donors (Lipinski definition) is 0. The van der Waals surface area contributed by atoms with Gasteiger partial charge in [-0.3, -0.25) is 19.7 Å². The van der Waals surface area contributed by atoms with Gasteiger partial charge in [-0.1, -0.05) is 12.1 Å². The van der Waals surface area contributed by atoms with Gasteiger partial charge in [0.15, 0.2) is 0 Å². The Labute approximate surface area is 168 Å². The summed E-state index contributed by atoms with van der Waals surface area (Å²) in [5, 5.41) is 0. The third-order valence-corrected chi connectivity index (χ3v) is 5.56. The molecule has 0 bridgehead atoms. The first-order valence-corrected chi connectivity index (χ1v) is 10.4. The van der Waals surface area contributed by atoms with E-state index < -0.39 is 0 Å². The molecule has 1 amide bonds. The van der Waals surface area contributed by atoms with Crippen molar-refractivity contribution in [2.24, 2.45) is 5.92 Å². The quantitative estimate of drug-likeness (QED) is 0.703. The van der Waals surface area contributed by atoms with Gasteiger partial charge in [0.1, 0.15) is 0 Å². The molecule has 1 aliphatic rings. The third-order valence-electron chi connectivity index (χ3n) is 5.56. The number of aromatic nitrogens is 2. The van der Waals surface area contributed by atoms with E-state index in [-0.39, 0.29) is 5.91 Å². The Hall–Kier alpha value is -2.27. The van der Waals surface area contributed by atoms with Crippen molar-refractivity contribution >= 4 is 5.91 Å². The zero-order valence-electron chi connectivity index (χ0n) is 17.2. The van der Waals surface area contributed by atoms with Crippen molar-refractivity contribution in [1.82, 2.24) is 19.8 Å². The molecule has 28 heavy (non-hydrogen) atoms. The summed E-state index contributed by atoms with van der Waals surface area (Å²) in [6, 6.07) is 12.2. The molecule has 1 aliphatic heterocycles. The van der Waals surface area contributed by atoms with Gasteiger partial charge in [0.05, 0.1) is 5.69 Å². The molecule has 5 heteroatoms. The van der Waals surface area contributed by atoms with Gasteiger partial charge in [0.25, 0.3) is 0 Å². The van der Waals surface area contributed by atoms with Crippen LogP contribution in [0.4, 0.5) is 0 Å². The highest BCUT2D eigenvalue weighted by Gasteiger charge is 2.21. The van der Waals surface area contributed by atoms with Crippen LogP contribution in [0.2, 0.25) is 0 Å². The van der Waals surface area contributed by atoms with Gasteiger partial charge < -0.3 is 4.90 Å². The molecule has 150 valence electrons. The average molecular weight is 381 g/mol. The standard InChI is InChI=1S/C23H32N4O/c1-19-7-5-10-22(25-19)18-27-15-6-8-20(17-27)11-12-23(28)26(2)16-13-21-9-3-4-14-24-21/h3-5,7,9-10,14,20H,6,8,11-13,15-18H2,1-2H3/t20-/m1/s1. The molecule has 0 aliphatic carbocycles. The molecule has 1 saturated heterocycles. The number of likely N-dealkylation sites (N-methyl/N-ethyl adjacent to an activating group) is 1. The summed E-state index contributed by atoms with van der Waals surface area (Å²) >= 11 is 0. The van der Waals surface area contributed by atoms with Gasteiger partial charge >= 0.3 is 0 Å². The molecule has 0 N–H and O–H groups in total. The number of carbonyl (C=O) groups excluding carboxylic acids is 1. The van der Waals surface area contributed by atoms with E-state index in [0.717, 1.165) is 56.1 Å².